The highest BCUT2D eigenvalue weighted by atomic mass is 32.1. The van der Waals surface area contributed by atoms with E-state index >= 15 is 0 Å². The van der Waals surface area contributed by atoms with E-state index in [4.69, 9.17) is 9.15 Å². The first-order valence-electron chi connectivity index (χ1n) is 10.5. The molecule has 1 saturated heterocycles. The first-order chi connectivity index (χ1) is 16.5. The Bertz CT molecular complexity index is 1280. The first-order valence-corrected chi connectivity index (χ1v) is 11.3. The second-order valence-corrected chi connectivity index (χ2v) is 8.23. The number of aromatic nitrogens is 2. The van der Waals surface area contributed by atoms with Crippen molar-refractivity contribution < 1.29 is 18.9 Å². The third-order valence-electron chi connectivity index (χ3n) is 5.03. The summed E-state index contributed by atoms with van der Waals surface area (Å²) in [5, 5.41) is 32.7. The summed E-state index contributed by atoms with van der Waals surface area (Å²) in [7, 11) is 0. The summed E-state index contributed by atoms with van der Waals surface area (Å²) in [6.07, 6.45) is 3.45. The normalized spacial score (nSPS) is 13.5. The molecular formula is C22H20N6O5S. The van der Waals surface area contributed by atoms with Crippen LogP contribution in [0, 0.1) is 21.4 Å². The van der Waals surface area contributed by atoms with Crippen LogP contribution in [0.4, 0.5) is 16.0 Å². The second-order valence-electron chi connectivity index (χ2n) is 7.28. The number of carbonyl (C=O) groups excluding carboxylic acids is 1. The van der Waals surface area contributed by atoms with Crippen molar-refractivity contribution in [2.24, 2.45) is 0 Å². The van der Waals surface area contributed by atoms with Gasteiger partial charge in [0.1, 0.15) is 28.9 Å². The third-order valence-corrected chi connectivity index (χ3v) is 5.93. The van der Waals surface area contributed by atoms with E-state index < -0.39 is 10.8 Å². The van der Waals surface area contributed by atoms with Gasteiger partial charge in [-0.15, -0.1) is 10.2 Å². The smallest absolute Gasteiger partial charge is 0.284 e. The van der Waals surface area contributed by atoms with Crippen molar-refractivity contribution in [1.82, 2.24) is 10.2 Å². The van der Waals surface area contributed by atoms with Crippen LogP contribution in [0.15, 0.2) is 40.3 Å². The molecule has 0 radical (unpaired) electrons. The molecule has 1 amide bonds. The van der Waals surface area contributed by atoms with Gasteiger partial charge in [-0.05, 0) is 44.0 Å². The van der Waals surface area contributed by atoms with Crippen molar-refractivity contribution >= 4 is 39.3 Å². The lowest BCUT2D eigenvalue weighted by molar-refractivity contribution is -0.384. The van der Waals surface area contributed by atoms with Gasteiger partial charge < -0.3 is 14.1 Å². The van der Waals surface area contributed by atoms with Crippen LogP contribution in [0.25, 0.3) is 17.4 Å². The van der Waals surface area contributed by atoms with Crippen molar-refractivity contribution in [3.05, 3.63) is 51.8 Å². The van der Waals surface area contributed by atoms with Gasteiger partial charge in [0.15, 0.2) is 0 Å². The summed E-state index contributed by atoms with van der Waals surface area (Å²) >= 11 is 1.24. The molecule has 0 spiro atoms. The van der Waals surface area contributed by atoms with Crippen LogP contribution in [0.2, 0.25) is 0 Å². The minimum atomic E-state index is -0.656. The lowest BCUT2D eigenvalue weighted by Crippen LogP contribution is -2.17. The van der Waals surface area contributed by atoms with Crippen molar-refractivity contribution in [3.63, 3.8) is 0 Å². The number of hydrogen-bond donors (Lipinski definition) is 1. The molecule has 0 unspecified atom stereocenters. The minimum absolute atomic E-state index is 0.181. The van der Waals surface area contributed by atoms with Crippen molar-refractivity contribution in [3.8, 4) is 23.1 Å². The predicted molar refractivity (Wildman–Crippen MR) is 126 cm³/mol. The number of nitro groups is 1. The van der Waals surface area contributed by atoms with Gasteiger partial charge in [0, 0.05) is 19.2 Å². The van der Waals surface area contributed by atoms with Gasteiger partial charge >= 0.3 is 0 Å². The van der Waals surface area contributed by atoms with Crippen LogP contribution in [0.3, 0.4) is 0 Å². The molecule has 1 aliphatic heterocycles. The van der Waals surface area contributed by atoms with Crippen molar-refractivity contribution in [2.45, 2.75) is 19.8 Å². The van der Waals surface area contributed by atoms with E-state index in [-0.39, 0.29) is 33.5 Å². The van der Waals surface area contributed by atoms with E-state index in [1.54, 1.807) is 13.0 Å². The number of benzene rings is 1. The fourth-order valence-corrected chi connectivity index (χ4v) is 4.25. The number of furan rings is 1. The quantitative estimate of drug-likeness (QED) is 0.216. The molecule has 174 valence electrons. The number of amides is 1. The third kappa shape index (κ3) is 5.05. The number of nitro benzene ring substituents is 1. The Morgan fingerprint density at radius 1 is 1.35 bits per heavy atom. The SMILES string of the molecule is CCOc1ccc(-c2ccc(/C=C(/C#N)C(=O)Nc3nnc(N4CCCC4)s3)o2)c([N+](=O)[O-])c1. The van der Waals surface area contributed by atoms with Gasteiger partial charge in [0.05, 0.1) is 23.2 Å². The van der Waals surface area contributed by atoms with Gasteiger partial charge in [-0.25, -0.2) is 0 Å². The number of rotatable bonds is 8. The molecule has 0 atom stereocenters. The number of carbonyl (C=O) groups is 1. The predicted octanol–water partition coefficient (Wildman–Crippen LogP) is 4.25. The highest BCUT2D eigenvalue weighted by Gasteiger charge is 2.21. The largest absolute Gasteiger partial charge is 0.494 e. The molecule has 1 aliphatic rings. The molecule has 4 rings (SSSR count). The molecule has 0 bridgehead atoms. The maximum absolute atomic E-state index is 12.6. The molecular weight excluding hydrogens is 460 g/mol. The van der Waals surface area contributed by atoms with Crippen molar-refractivity contribution in [1.29, 1.82) is 5.26 Å². The van der Waals surface area contributed by atoms with E-state index in [1.807, 2.05) is 6.07 Å². The number of ether oxygens (including phenoxy) is 1. The van der Waals surface area contributed by atoms with Crippen molar-refractivity contribution in [2.75, 3.05) is 29.9 Å². The minimum Gasteiger partial charge on any atom is -0.494 e. The second kappa shape index (κ2) is 10.1. The Morgan fingerprint density at radius 3 is 2.85 bits per heavy atom. The summed E-state index contributed by atoms with van der Waals surface area (Å²) in [5.41, 5.74) is -0.140. The fraction of sp³-hybridized carbons (Fsp3) is 0.273. The van der Waals surface area contributed by atoms with Crippen LogP contribution < -0.4 is 15.0 Å². The Hall–Kier alpha value is -4.24. The molecule has 0 aliphatic carbocycles. The number of nitriles is 1. The van der Waals surface area contributed by atoms with Crippen LogP contribution in [-0.4, -0.2) is 40.7 Å². The Labute approximate surface area is 198 Å². The van der Waals surface area contributed by atoms with E-state index in [1.165, 1.54) is 41.7 Å². The molecule has 0 saturated carbocycles. The highest BCUT2D eigenvalue weighted by molar-refractivity contribution is 7.19. The van der Waals surface area contributed by atoms with E-state index in [0.717, 1.165) is 31.1 Å². The topological polar surface area (TPSA) is 147 Å². The molecule has 12 heteroatoms. The zero-order valence-electron chi connectivity index (χ0n) is 18.2. The summed E-state index contributed by atoms with van der Waals surface area (Å²) < 4.78 is 11.0. The van der Waals surface area contributed by atoms with E-state index in [2.05, 4.69) is 20.4 Å². The summed E-state index contributed by atoms with van der Waals surface area (Å²) in [5.74, 6) is 0.132. The Morgan fingerprint density at radius 2 is 2.15 bits per heavy atom. The van der Waals surface area contributed by atoms with Crippen LogP contribution in [0.5, 0.6) is 5.75 Å². The molecule has 3 aromatic rings. The number of nitrogens with zero attached hydrogens (tertiary/aromatic N) is 5. The van der Waals surface area contributed by atoms with Gasteiger partial charge in [0.25, 0.3) is 11.6 Å². The maximum atomic E-state index is 12.6. The van der Waals surface area contributed by atoms with Crippen LogP contribution >= 0.6 is 11.3 Å². The maximum Gasteiger partial charge on any atom is 0.284 e. The van der Waals surface area contributed by atoms with Gasteiger partial charge in [-0.1, -0.05) is 11.3 Å². The van der Waals surface area contributed by atoms with E-state index in [0.29, 0.717) is 12.4 Å². The monoisotopic (exact) mass is 480 g/mol. The highest BCUT2D eigenvalue weighted by Crippen LogP contribution is 2.34. The molecule has 1 fully saturated rings. The lowest BCUT2D eigenvalue weighted by Gasteiger charge is -2.10. The molecule has 1 aromatic carbocycles. The standard InChI is InChI=1S/C22H20N6O5S/c1-2-32-15-5-7-17(18(12-15)28(30)31)19-8-6-16(33-19)11-14(13-23)20(29)24-21-25-26-22(34-21)27-9-3-4-10-27/h5-8,11-12H,2-4,9-10H2,1H3,(H,24,25,29)/b14-11-. The molecule has 1 N–H and O–H groups in total. The Balaban J connectivity index is 1.52. The summed E-state index contributed by atoms with van der Waals surface area (Å²) in [4.78, 5) is 25.7. The zero-order chi connectivity index (χ0) is 24.1. The molecule has 34 heavy (non-hydrogen) atoms. The molecule has 3 heterocycles. The average molecular weight is 481 g/mol. The number of hydrogen-bond acceptors (Lipinski definition) is 10. The van der Waals surface area contributed by atoms with Gasteiger partial charge in [-0.2, -0.15) is 5.26 Å². The number of anilines is 2. The van der Waals surface area contributed by atoms with Crippen LogP contribution in [0.1, 0.15) is 25.5 Å². The zero-order valence-corrected chi connectivity index (χ0v) is 19.0. The van der Waals surface area contributed by atoms with Gasteiger partial charge in [0.2, 0.25) is 10.3 Å². The fourth-order valence-electron chi connectivity index (χ4n) is 3.46. The average Bonchev–Trinajstić information content (AvgIpc) is 3.59. The van der Waals surface area contributed by atoms with Gasteiger partial charge in [-0.3, -0.25) is 20.2 Å². The number of nitrogens with one attached hydrogen (secondary N) is 1. The van der Waals surface area contributed by atoms with Crippen LogP contribution in [-0.2, 0) is 4.79 Å². The summed E-state index contributed by atoms with van der Waals surface area (Å²) in [6.45, 7) is 3.96. The van der Waals surface area contributed by atoms with E-state index in [9.17, 15) is 20.2 Å². The Kier molecular flexibility index (Phi) is 6.84. The lowest BCUT2D eigenvalue weighted by atomic mass is 10.1. The molecule has 2 aromatic heterocycles. The summed E-state index contributed by atoms with van der Waals surface area (Å²) in [6, 6.07) is 9.36. The first kappa shape index (κ1) is 22.9. The molecule has 11 nitrogen and oxygen atoms in total.